The summed E-state index contributed by atoms with van der Waals surface area (Å²) < 4.78 is 6.11. The van der Waals surface area contributed by atoms with Gasteiger partial charge < -0.3 is 4.74 Å². The van der Waals surface area contributed by atoms with Crippen LogP contribution >= 0.6 is 0 Å². The molecular formula is C26H17NO. The van der Waals surface area contributed by atoms with Gasteiger partial charge in [0.15, 0.2) is 0 Å². The molecule has 0 saturated heterocycles. The first-order valence-electron chi connectivity index (χ1n) is 9.52. The molecular weight excluding hydrogens is 342 g/mol. The molecule has 2 heterocycles. The maximum atomic E-state index is 6.11. The van der Waals surface area contributed by atoms with Gasteiger partial charge in [-0.05, 0) is 28.6 Å². The third kappa shape index (κ3) is 2.18. The van der Waals surface area contributed by atoms with E-state index in [-0.39, 0.29) is 0 Å². The molecule has 4 aromatic carbocycles. The molecule has 0 amide bonds. The minimum absolute atomic E-state index is 0.534. The van der Waals surface area contributed by atoms with Crippen LogP contribution in [0.2, 0.25) is 0 Å². The van der Waals surface area contributed by atoms with E-state index in [4.69, 9.17) is 9.72 Å². The van der Waals surface area contributed by atoms with E-state index in [2.05, 4.69) is 78.9 Å². The summed E-state index contributed by atoms with van der Waals surface area (Å²) in [6.45, 7) is 0.534. The Labute approximate surface area is 163 Å². The van der Waals surface area contributed by atoms with Gasteiger partial charge >= 0.3 is 0 Å². The first-order valence-corrected chi connectivity index (χ1v) is 9.52. The fraction of sp³-hybridized carbons (Fsp3) is 0.0385. The molecule has 28 heavy (non-hydrogen) atoms. The number of benzene rings is 4. The highest BCUT2D eigenvalue weighted by atomic mass is 16.5. The van der Waals surface area contributed by atoms with E-state index >= 15 is 0 Å². The number of fused-ring (bicyclic) bond motifs is 6. The lowest BCUT2D eigenvalue weighted by atomic mass is 9.90. The Bertz CT molecular complexity index is 1360. The van der Waals surface area contributed by atoms with Gasteiger partial charge in [-0.3, -0.25) is 0 Å². The zero-order chi connectivity index (χ0) is 18.5. The van der Waals surface area contributed by atoms with Crippen molar-refractivity contribution in [2.45, 2.75) is 6.61 Å². The maximum absolute atomic E-state index is 6.11. The van der Waals surface area contributed by atoms with Gasteiger partial charge in [0.1, 0.15) is 12.4 Å². The minimum atomic E-state index is 0.534. The molecule has 1 aliphatic rings. The van der Waals surface area contributed by atoms with Crippen LogP contribution in [0.3, 0.4) is 0 Å². The van der Waals surface area contributed by atoms with Crippen LogP contribution in [0.15, 0.2) is 91.0 Å². The van der Waals surface area contributed by atoms with Crippen LogP contribution < -0.4 is 4.74 Å². The maximum Gasteiger partial charge on any atom is 0.129 e. The predicted molar refractivity (Wildman–Crippen MR) is 114 cm³/mol. The molecule has 0 spiro atoms. The lowest BCUT2D eigenvalue weighted by Crippen LogP contribution is -2.09. The molecule has 0 unspecified atom stereocenters. The number of hydrogen-bond donors (Lipinski definition) is 0. The van der Waals surface area contributed by atoms with E-state index in [1.54, 1.807) is 0 Å². The van der Waals surface area contributed by atoms with Crippen LogP contribution in [0.25, 0.3) is 44.1 Å². The summed E-state index contributed by atoms with van der Waals surface area (Å²) in [6.07, 6.45) is 0. The van der Waals surface area contributed by atoms with Crippen molar-refractivity contribution in [3.05, 3.63) is 96.6 Å². The van der Waals surface area contributed by atoms with Gasteiger partial charge in [0.25, 0.3) is 0 Å². The van der Waals surface area contributed by atoms with E-state index in [1.807, 2.05) is 12.1 Å². The Hall–Kier alpha value is -3.65. The number of ether oxygens (including phenoxy) is 1. The van der Waals surface area contributed by atoms with Crippen molar-refractivity contribution >= 4 is 21.7 Å². The number of rotatable bonds is 1. The Kier molecular flexibility index (Phi) is 3.26. The average molecular weight is 359 g/mol. The molecule has 1 aliphatic heterocycles. The van der Waals surface area contributed by atoms with Gasteiger partial charge in [-0.25, -0.2) is 4.98 Å². The molecule has 132 valence electrons. The molecule has 0 fully saturated rings. The number of aromatic nitrogens is 1. The number of hydrogen-bond acceptors (Lipinski definition) is 2. The predicted octanol–water partition coefficient (Wildman–Crippen LogP) is 6.61. The van der Waals surface area contributed by atoms with Crippen LogP contribution in [0, 0.1) is 0 Å². The van der Waals surface area contributed by atoms with Crippen molar-refractivity contribution < 1.29 is 4.74 Å². The van der Waals surface area contributed by atoms with Gasteiger partial charge in [-0.2, -0.15) is 0 Å². The lowest BCUT2D eigenvalue weighted by Gasteiger charge is -2.24. The molecule has 0 atom stereocenters. The highest BCUT2D eigenvalue weighted by Gasteiger charge is 2.24. The van der Waals surface area contributed by atoms with Crippen molar-refractivity contribution in [3.63, 3.8) is 0 Å². The molecule has 5 aromatic rings. The van der Waals surface area contributed by atoms with Crippen molar-refractivity contribution in [1.29, 1.82) is 0 Å². The van der Waals surface area contributed by atoms with E-state index in [0.29, 0.717) is 6.61 Å². The molecule has 0 aliphatic carbocycles. The summed E-state index contributed by atoms with van der Waals surface area (Å²) in [6, 6.07) is 31.6. The second kappa shape index (κ2) is 5.93. The lowest BCUT2D eigenvalue weighted by molar-refractivity contribution is 0.302. The highest BCUT2D eigenvalue weighted by molar-refractivity contribution is 6.12. The highest BCUT2D eigenvalue weighted by Crippen LogP contribution is 2.44. The largest absolute Gasteiger partial charge is 0.488 e. The first-order chi connectivity index (χ1) is 13.9. The van der Waals surface area contributed by atoms with E-state index in [9.17, 15) is 0 Å². The summed E-state index contributed by atoms with van der Waals surface area (Å²) in [7, 11) is 0. The standard InChI is InChI=1S/C26H17NO/c1-2-9-18(10-3-1)24-21-15-14-17-8-4-5-11-19(17)25(21)27-26-20-12-6-7-13-23(20)28-16-22(24)26/h1-15H,16H2. The second-order valence-electron chi connectivity index (χ2n) is 7.15. The normalized spacial score (nSPS) is 12.4. The zero-order valence-electron chi connectivity index (χ0n) is 15.2. The van der Waals surface area contributed by atoms with Crippen LogP contribution in [0.4, 0.5) is 0 Å². The summed E-state index contributed by atoms with van der Waals surface area (Å²) in [4.78, 5) is 5.19. The third-order valence-corrected chi connectivity index (χ3v) is 5.56. The minimum Gasteiger partial charge on any atom is -0.488 e. The smallest absolute Gasteiger partial charge is 0.129 e. The van der Waals surface area contributed by atoms with Gasteiger partial charge in [-0.15, -0.1) is 0 Å². The number of nitrogens with zero attached hydrogens (tertiary/aromatic N) is 1. The molecule has 0 saturated carbocycles. The van der Waals surface area contributed by atoms with Crippen LogP contribution in [0.1, 0.15) is 5.56 Å². The zero-order valence-corrected chi connectivity index (χ0v) is 15.2. The van der Waals surface area contributed by atoms with Crippen LogP contribution in [-0.2, 0) is 6.61 Å². The number of para-hydroxylation sites is 1. The van der Waals surface area contributed by atoms with E-state index in [0.717, 1.165) is 28.1 Å². The molecule has 0 radical (unpaired) electrons. The summed E-state index contributed by atoms with van der Waals surface area (Å²) in [5.41, 5.74) is 6.73. The molecule has 2 heteroatoms. The molecule has 1 aromatic heterocycles. The van der Waals surface area contributed by atoms with Gasteiger partial charge in [0.05, 0.1) is 11.2 Å². The quantitative estimate of drug-likeness (QED) is 0.314. The Balaban J connectivity index is 1.82. The number of pyridine rings is 1. The van der Waals surface area contributed by atoms with Gasteiger partial charge in [0, 0.05) is 21.9 Å². The van der Waals surface area contributed by atoms with Crippen molar-refractivity contribution in [1.82, 2.24) is 4.98 Å². The third-order valence-electron chi connectivity index (χ3n) is 5.56. The molecule has 6 rings (SSSR count). The topological polar surface area (TPSA) is 22.1 Å². The Morgan fingerprint density at radius 3 is 2.39 bits per heavy atom. The average Bonchev–Trinajstić information content (AvgIpc) is 2.78. The summed E-state index contributed by atoms with van der Waals surface area (Å²) in [5, 5.41) is 3.57. The first kappa shape index (κ1) is 15.4. The van der Waals surface area contributed by atoms with Gasteiger partial charge in [-0.1, -0.05) is 78.9 Å². The molecule has 2 nitrogen and oxygen atoms in total. The fourth-order valence-electron chi connectivity index (χ4n) is 4.27. The van der Waals surface area contributed by atoms with Crippen molar-refractivity contribution in [2.75, 3.05) is 0 Å². The van der Waals surface area contributed by atoms with E-state index in [1.165, 1.54) is 27.3 Å². The van der Waals surface area contributed by atoms with Crippen LogP contribution in [0.5, 0.6) is 5.75 Å². The Morgan fingerprint density at radius 1 is 0.679 bits per heavy atom. The van der Waals surface area contributed by atoms with Crippen molar-refractivity contribution in [3.8, 4) is 28.1 Å². The second-order valence-corrected chi connectivity index (χ2v) is 7.15. The Morgan fingerprint density at radius 2 is 1.46 bits per heavy atom. The van der Waals surface area contributed by atoms with Gasteiger partial charge in [0.2, 0.25) is 0 Å². The molecule has 0 N–H and O–H groups in total. The summed E-state index contributed by atoms with van der Waals surface area (Å²) >= 11 is 0. The molecule has 0 bridgehead atoms. The fourth-order valence-corrected chi connectivity index (χ4v) is 4.27. The van der Waals surface area contributed by atoms with Crippen LogP contribution in [-0.4, -0.2) is 4.98 Å². The van der Waals surface area contributed by atoms with Crippen molar-refractivity contribution in [2.24, 2.45) is 0 Å². The monoisotopic (exact) mass is 359 g/mol. The summed E-state index contributed by atoms with van der Waals surface area (Å²) in [5.74, 6) is 0.904. The SMILES string of the molecule is c1ccc(-c2c3c(nc4c2ccc2ccccc24)-c2ccccc2OC3)cc1. The van der Waals surface area contributed by atoms with E-state index < -0.39 is 0 Å².